The molecule has 0 atom stereocenters. The number of hydrogen-bond acceptors (Lipinski definition) is 5. The van der Waals surface area contributed by atoms with Crippen LogP contribution < -0.4 is 8.92 Å². The highest BCUT2D eigenvalue weighted by molar-refractivity contribution is 7.81. The van der Waals surface area contributed by atoms with Gasteiger partial charge in [0.05, 0.1) is 11.3 Å². The zero-order valence-electron chi connectivity index (χ0n) is 14.8. The first kappa shape index (κ1) is 20.6. The Labute approximate surface area is 164 Å². The Hall–Kier alpha value is -3.14. The molecule has 0 unspecified atom stereocenters. The van der Waals surface area contributed by atoms with Gasteiger partial charge in [-0.05, 0) is 55.0 Å². The maximum Gasteiger partial charge on any atom is 0.488 e. The highest BCUT2D eigenvalue weighted by atomic mass is 32.3. The molecule has 0 spiro atoms. The van der Waals surface area contributed by atoms with Gasteiger partial charge in [0.15, 0.2) is 5.82 Å². The number of rotatable bonds is 6. The lowest BCUT2D eigenvalue weighted by Gasteiger charge is -2.11. The van der Waals surface area contributed by atoms with Gasteiger partial charge in [-0.1, -0.05) is 3.89 Å². The number of ether oxygens (including phenoxy) is 1. The van der Waals surface area contributed by atoms with Crippen LogP contribution >= 0.6 is 0 Å². The average molecular weight is 427 g/mol. The van der Waals surface area contributed by atoms with Crippen LogP contribution in [-0.2, 0) is 17.1 Å². The standard InChI is InChI=1S/C19H13F4NO4S/c1-11-19(22)15(6-7-24-11)12-8-17(20)16(18(21)9-12)10-27-13-2-4-14(5-3-13)28-29(23,25)26/h2-9H,10H2,1H3. The Morgan fingerprint density at radius 2 is 1.55 bits per heavy atom. The second-order valence-corrected chi connectivity index (χ2v) is 6.87. The largest absolute Gasteiger partial charge is 0.489 e. The second kappa shape index (κ2) is 8.08. The van der Waals surface area contributed by atoms with Gasteiger partial charge in [0.2, 0.25) is 0 Å². The van der Waals surface area contributed by atoms with Gasteiger partial charge in [-0.25, -0.2) is 13.2 Å². The van der Waals surface area contributed by atoms with Crippen molar-refractivity contribution in [3.8, 4) is 22.6 Å². The number of pyridine rings is 1. The molecule has 1 aromatic heterocycles. The summed E-state index contributed by atoms with van der Waals surface area (Å²) in [6.45, 7) is 0.949. The molecular weight excluding hydrogens is 414 g/mol. The number of aryl methyl sites for hydroxylation is 1. The van der Waals surface area contributed by atoms with E-state index in [9.17, 15) is 25.5 Å². The Balaban J connectivity index is 1.77. The molecule has 0 saturated heterocycles. The highest BCUT2D eigenvalue weighted by Crippen LogP contribution is 2.28. The molecule has 10 heteroatoms. The number of benzene rings is 2. The van der Waals surface area contributed by atoms with Crippen LogP contribution in [0.1, 0.15) is 11.3 Å². The lowest BCUT2D eigenvalue weighted by atomic mass is 10.0. The molecule has 0 saturated carbocycles. The van der Waals surface area contributed by atoms with Crippen molar-refractivity contribution in [3.05, 3.63) is 77.4 Å². The minimum atomic E-state index is -5.16. The van der Waals surface area contributed by atoms with E-state index in [0.29, 0.717) is 0 Å². The van der Waals surface area contributed by atoms with E-state index in [1.807, 2.05) is 0 Å². The van der Waals surface area contributed by atoms with Crippen LogP contribution in [0.5, 0.6) is 11.5 Å². The van der Waals surface area contributed by atoms with Crippen LogP contribution in [0.2, 0.25) is 0 Å². The number of aromatic nitrogens is 1. The summed E-state index contributed by atoms with van der Waals surface area (Å²) in [5.74, 6) is -2.70. The molecule has 3 aromatic rings. The van der Waals surface area contributed by atoms with Gasteiger partial charge < -0.3 is 8.92 Å². The quantitative estimate of drug-likeness (QED) is 0.423. The summed E-state index contributed by atoms with van der Waals surface area (Å²) < 4.78 is 85.5. The van der Waals surface area contributed by atoms with E-state index >= 15 is 0 Å². The molecule has 5 nitrogen and oxygen atoms in total. The maximum absolute atomic E-state index is 14.4. The van der Waals surface area contributed by atoms with Gasteiger partial charge in [0.25, 0.3) is 0 Å². The van der Waals surface area contributed by atoms with Crippen LogP contribution in [0.15, 0.2) is 48.7 Å². The van der Waals surface area contributed by atoms with E-state index in [-0.39, 0.29) is 33.9 Å². The Kier molecular flexibility index (Phi) is 5.73. The fourth-order valence-corrected chi connectivity index (χ4v) is 2.87. The predicted molar refractivity (Wildman–Crippen MR) is 95.7 cm³/mol. The van der Waals surface area contributed by atoms with Crippen molar-refractivity contribution >= 4 is 10.5 Å². The first-order valence-electron chi connectivity index (χ1n) is 8.10. The molecule has 0 radical (unpaired) electrons. The molecule has 1 heterocycles. The van der Waals surface area contributed by atoms with Crippen molar-refractivity contribution in [1.82, 2.24) is 4.98 Å². The Morgan fingerprint density at radius 3 is 2.14 bits per heavy atom. The van der Waals surface area contributed by atoms with Crippen molar-refractivity contribution in [2.24, 2.45) is 0 Å². The SMILES string of the molecule is Cc1nccc(-c2cc(F)c(COc3ccc(OS(=O)(=O)F)cc3)c(F)c2)c1F. The summed E-state index contributed by atoms with van der Waals surface area (Å²) in [5.41, 5.74) is -0.253. The normalized spacial score (nSPS) is 11.3. The molecule has 0 fully saturated rings. The molecule has 29 heavy (non-hydrogen) atoms. The van der Waals surface area contributed by atoms with Crippen LogP contribution in [0, 0.1) is 24.4 Å². The molecular formula is C19H13F4NO4S. The smallest absolute Gasteiger partial charge is 0.488 e. The zero-order chi connectivity index (χ0) is 21.2. The van der Waals surface area contributed by atoms with Crippen LogP contribution in [0.25, 0.3) is 11.1 Å². The molecule has 0 aliphatic heterocycles. The third kappa shape index (κ3) is 5.02. The summed E-state index contributed by atoms with van der Waals surface area (Å²) in [4.78, 5) is 3.77. The first-order valence-corrected chi connectivity index (χ1v) is 9.41. The molecule has 152 valence electrons. The molecule has 0 aliphatic carbocycles. The number of halogens is 4. The molecule has 0 amide bonds. The van der Waals surface area contributed by atoms with Crippen molar-refractivity contribution in [1.29, 1.82) is 0 Å². The highest BCUT2D eigenvalue weighted by Gasteiger charge is 2.16. The Morgan fingerprint density at radius 1 is 0.966 bits per heavy atom. The van der Waals surface area contributed by atoms with E-state index in [0.717, 1.165) is 24.3 Å². The molecule has 2 aromatic carbocycles. The summed E-state index contributed by atoms with van der Waals surface area (Å²) in [5, 5.41) is 0. The lowest BCUT2D eigenvalue weighted by molar-refractivity contribution is 0.292. The van der Waals surface area contributed by atoms with Gasteiger partial charge in [-0.2, -0.15) is 8.42 Å². The second-order valence-electron chi connectivity index (χ2n) is 5.91. The van der Waals surface area contributed by atoms with Crippen LogP contribution in [-0.4, -0.2) is 13.4 Å². The van der Waals surface area contributed by atoms with Crippen LogP contribution in [0.4, 0.5) is 17.1 Å². The van der Waals surface area contributed by atoms with Gasteiger partial charge in [0, 0.05) is 11.8 Å². The summed E-state index contributed by atoms with van der Waals surface area (Å²) in [6.07, 6.45) is 1.34. The third-order valence-corrected chi connectivity index (χ3v) is 4.31. The van der Waals surface area contributed by atoms with Gasteiger partial charge in [-0.3, -0.25) is 4.98 Å². The first-order chi connectivity index (χ1) is 13.6. The zero-order valence-corrected chi connectivity index (χ0v) is 15.6. The molecule has 0 aliphatic rings. The van der Waals surface area contributed by atoms with Crippen molar-refractivity contribution in [2.75, 3.05) is 0 Å². The minimum absolute atomic E-state index is 0.0145. The van der Waals surface area contributed by atoms with Crippen LogP contribution in [0.3, 0.4) is 0 Å². The van der Waals surface area contributed by atoms with E-state index in [1.54, 1.807) is 0 Å². The predicted octanol–water partition coefficient (Wildman–Crippen LogP) is 4.65. The molecule has 0 bridgehead atoms. The van der Waals surface area contributed by atoms with Gasteiger partial charge in [0.1, 0.15) is 29.7 Å². The maximum atomic E-state index is 14.4. The van der Waals surface area contributed by atoms with E-state index < -0.39 is 34.6 Å². The van der Waals surface area contributed by atoms with Gasteiger partial charge in [-0.15, -0.1) is 0 Å². The summed E-state index contributed by atoms with van der Waals surface area (Å²) in [7, 11) is -5.16. The average Bonchev–Trinajstić information content (AvgIpc) is 2.63. The van der Waals surface area contributed by atoms with E-state index in [4.69, 9.17) is 4.74 Å². The summed E-state index contributed by atoms with van der Waals surface area (Å²) in [6, 6.07) is 7.98. The number of hydrogen-bond donors (Lipinski definition) is 0. The fraction of sp³-hybridized carbons (Fsp3) is 0.105. The van der Waals surface area contributed by atoms with Crippen molar-refractivity contribution in [2.45, 2.75) is 13.5 Å². The van der Waals surface area contributed by atoms with Crippen molar-refractivity contribution in [3.63, 3.8) is 0 Å². The molecule has 0 N–H and O–H groups in total. The lowest BCUT2D eigenvalue weighted by Crippen LogP contribution is -2.04. The fourth-order valence-electron chi connectivity index (χ4n) is 2.53. The van der Waals surface area contributed by atoms with Crippen molar-refractivity contribution < 1.29 is 34.4 Å². The topological polar surface area (TPSA) is 65.5 Å². The third-order valence-electron chi connectivity index (χ3n) is 3.92. The Bertz CT molecular complexity index is 1130. The minimum Gasteiger partial charge on any atom is -0.489 e. The van der Waals surface area contributed by atoms with Gasteiger partial charge >= 0.3 is 10.5 Å². The van der Waals surface area contributed by atoms with E-state index in [2.05, 4.69) is 9.17 Å². The van der Waals surface area contributed by atoms with E-state index in [1.165, 1.54) is 31.3 Å². The monoisotopic (exact) mass is 427 g/mol. The molecule has 3 rings (SSSR count). The summed E-state index contributed by atoms with van der Waals surface area (Å²) >= 11 is 0. The number of nitrogens with zero attached hydrogens (tertiary/aromatic N) is 1.